The van der Waals surface area contributed by atoms with Gasteiger partial charge in [-0.1, -0.05) is 45.6 Å². The van der Waals surface area contributed by atoms with Gasteiger partial charge in [0.15, 0.2) is 5.96 Å². The van der Waals surface area contributed by atoms with Gasteiger partial charge in [-0.05, 0) is 42.5 Å². The Morgan fingerprint density at radius 1 is 0.944 bits per heavy atom. The van der Waals surface area contributed by atoms with Gasteiger partial charge in [0.25, 0.3) is 0 Å². The van der Waals surface area contributed by atoms with Gasteiger partial charge in [0.1, 0.15) is 0 Å². The fourth-order valence-corrected chi connectivity index (χ4v) is 3.94. The van der Waals surface area contributed by atoms with Gasteiger partial charge in [0, 0.05) is 61.1 Å². The number of hydrogen-bond acceptors (Lipinski definition) is 4. The van der Waals surface area contributed by atoms with Gasteiger partial charge < -0.3 is 26.2 Å². The summed E-state index contributed by atoms with van der Waals surface area (Å²) < 4.78 is 0. The van der Waals surface area contributed by atoms with Gasteiger partial charge in [-0.15, -0.1) is 0 Å². The number of aliphatic imine (C=N–C) groups is 1. The molecule has 8 heteroatoms. The lowest BCUT2D eigenvalue weighted by atomic mass is 9.94. The molecule has 1 aliphatic heterocycles. The number of amides is 2. The van der Waals surface area contributed by atoms with E-state index in [9.17, 15) is 9.59 Å². The lowest BCUT2D eigenvalue weighted by molar-refractivity contribution is -0.139. The summed E-state index contributed by atoms with van der Waals surface area (Å²) in [6, 6.07) is 15.3. The van der Waals surface area contributed by atoms with Crippen molar-refractivity contribution in [3.63, 3.8) is 0 Å². The highest BCUT2D eigenvalue weighted by Crippen LogP contribution is 2.23. The van der Waals surface area contributed by atoms with Crippen LogP contribution in [0.2, 0.25) is 0 Å². The molecule has 2 aromatic carbocycles. The van der Waals surface area contributed by atoms with Gasteiger partial charge in [0.2, 0.25) is 11.8 Å². The van der Waals surface area contributed by atoms with Gasteiger partial charge in [0.05, 0.1) is 5.70 Å². The van der Waals surface area contributed by atoms with Crippen molar-refractivity contribution < 1.29 is 9.59 Å². The molecule has 36 heavy (non-hydrogen) atoms. The van der Waals surface area contributed by atoms with E-state index in [1.807, 2.05) is 74.2 Å². The maximum atomic E-state index is 12.5. The fraction of sp³-hybridized carbons (Fsp3) is 0.321. The topological polar surface area (TPSA) is 103 Å². The molecule has 190 valence electrons. The van der Waals surface area contributed by atoms with Crippen molar-refractivity contribution >= 4 is 40.5 Å². The number of benzene rings is 2. The van der Waals surface area contributed by atoms with Crippen molar-refractivity contribution in [1.82, 2.24) is 4.90 Å². The van der Waals surface area contributed by atoms with Crippen molar-refractivity contribution in [2.45, 2.75) is 27.7 Å². The second-order valence-corrected chi connectivity index (χ2v) is 9.74. The first kappa shape index (κ1) is 26.5. The van der Waals surface area contributed by atoms with Crippen LogP contribution < -0.4 is 21.3 Å². The van der Waals surface area contributed by atoms with Crippen LogP contribution in [0.25, 0.3) is 5.70 Å². The highest BCUT2D eigenvalue weighted by Gasteiger charge is 2.29. The summed E-state index contributed by atoms with van der Waals surface area (Å²) >= 11 is 0. The summed E-state index contributed by atoms with van der Waals surface area (Å²) in [5.41, 5.74) is 9.95. The lowest BCUT2D eigenvalue weighted by Gasteiger charge is -2.38. The normalized spacial score (nSPS) is 14.9. The molecule has 1 fully saturated rings. The first-order valence-corrected chi connectivity index (χ1v) is 12.0. The number of piperazine rings is 1. The summed E-state index contributed by atoms with van der Waals surface area (Å²) in [5.74, 6) is 0.320. The van der Waals surface area contributed by atoms with E-state index in [0.29, 0.717) is 11.4 Å². The maximum absolute atomic E-state index is 12.5. The zero-order chi connectivity index (χ0) is 26.3. The van der Waals surface area contributed by atoms with E-state index in [1.165, 1.54) is 6.92 Å². The monoisotopic (exact) mass is 488 g/mol. The number of nitrogens with two attached hydrogens (primary N) is 1. The van der Waals surface area contributed by atoms with Gasteiger partial charge in [-0.2, -0.15) is 0 Å². The molecular formula is C28H36N6O2. The second kappa shape index (κ2) is 11.6. The van der Waals surface area contributed by atoms with Crippen LogP contribution in [0.4, 0.5) is 17.1 Å². The van der Waals surface area contributed by atoms with Crippen molar-refractivity contribution in [2.24, 2.45) is 16.1 Å². The van der Waals surface area contributed by atoms with Crippen molar-refractivity contribution in [2.75, 3.05) is 41.7 Å². The number of carbonyl (C=O) groups excluding carboxylic acids is 2. The van der Waals surface area contributed by atoms with E-state index in [0.717, 1.165) is 43.1 Å². The number of nitrogens with one attached hydrogen (secondary N) is 2. The zero-order valence-corrected chi connectivity index (χ0v) is 21.5. The van der Waals surface area contributed by atoms with E-state index in [1.54, 1.807) is 12.2 Å². The Kier molecular flexibility index (Phi) is 8.53. The van der Waals surface area contributed by atoms with Gasteiger partial charge >= 0.3 is 0 Å². The number of nitrogens with zero attached hydrogens (tertiary/aromatic N) is 3. The van der Waals surface area contributed by atoms with Crippen LogP contribution in [0.3, 0.4) is 0 Å². The first-order chi connectivity index (χ1) is 17.1. The molecule has 0 bridgehead atoms. The average molecular weight is 489 g/mol. The Morgan fingerprint density at radius 2 is 1.50 bits per heavy atom. The van der Waals surface area contributed by atoms with E-state index in [2.05, 4.69) is 27.1 Å². The van der Waals surface area contributed by atoms with Crippen LogP contribution in [0.5, 0.6) is 0 Å². The fourth-order valence-electron chi connectivity index (χ4n) is 3.94. The zero-order valence-electron chi connectivity index (χ0n) is 21.5. The number of guanidine groups is 1. The van der Waals surface area contributed by atoms with E-state index in [4.69, 9.17) is 5.73 Å². The minimum absolute atomic E-state index is 0.125. The van der Waals surface area contributed by atoms with Crippen molar-refractivity contribution in [3.8, 4) is 0 Å². The molecule has 0 atom stereocenters. The third-order valence-electron chi connectivity index (χ3n) is 5.73. The Bertz CT molecular complexity index is 1140. The summed E-state index contributed by atoms with van der Waals surface area (Å²) in [6.07, 6.45) is 3.42. The molecule has 1 aliphatic rings. The number of anilines is 3. The van der Waals surface area contributed by atoms with Crippen molar-refractivity contribution in [1.29, 1.82) is 0 Å². The first-order valence-electron chi connectivity index (χ1n) is 12.0. The standard InChI is InChI=1S/C28H36N6O2/c1-6-7-25(21-8-10-22(11-9-21)30-20(2)35)32-27(29)31-23-12-14-24(15-13-23)33-16-18-34(19-17-33)26(36)28(3,4)5/h6-15H,1,16-19H2,2-5H3,(H,30,35)(H3,29,31,32)/b25-7-. The molecule has 0 unspecified atom stereocenters. The summed E-state index contributed by atoms with van der Waals surface area (Å²) in [7, 11) is 0. The minimum atomic E-state index is -0.353. The molecule has 0 radical (unpaired) electrons. The highest BCUT2D eigenvalue weighted by atomic mass is 16.2. The molecular weight excluding hydrogens is 452 g/mol. The second-order valence-electron chi connectivity index (χ2n) is 9.74. The van der Waals surface area contributed by atoms with Gasteiger partial charge in [-0.3, -0.25) is 9.59 Å². The molecule has 0 spiro atoms. The highest BCUT2D eigenvalue weighted by molar-refractivity contribution is 5.96. The van der Waals surface area contributed by atoms with Crippen molar-refractivity contribution in [3.05, 3.63) is 72.8 Å². The molecule has 0 aliphatic carbocycles. The van der Waals surface area contributed by atoms with Gasteiger partial charge in [-0.25, -0.2) is 4.99 Å². The summed E-state index contributed by atoms with van der Waals surface area (Å²) in [4.78, 5) is 32.5. The van der Waals surface area contributed by atoms with Crippen LogP contribution >= 0.6 is 0 Å². The van der Waals surface area contributed by atoms with Crippen LogP contribution in [0, 0.1) is 5.41 Å². The van der Waals surface area contributed by atoms with E-state index < -0.39 is 0 Å². The van der Waals surface area contributed by atoms with E-state index in [-0.39, 0.29) is 23.2 Å². The summed E-state index contributed by atoms with van der Waals surface area (Å²) in [5, 5.41) is 5.88. The molecule has 2 amide bonds. The van der Waals surface area contributed by atoms with E-state index >= 15 is 0 Å². The smallest absolute Gasteiger partial charge is 0.228 e. The molecule has 8 nitrogen and oxygen atoms in total. The molecule has 0 aromatic heterocycles. The largest absolute Gasteiger partial charge is 0.369 e. The molecule has 1 saturated heterocycles. The number of allylic oxidation sites excluding steroid dienone is 2. The Balaban J connectivity index is 1.62. The molecule has 3 rings (SSSR count). The SMILES string of the molecule is C=C/C=C(\N=C(/N)Nc1ccc(N2CCN(C(=O)C(C)(C)C)CC2)cc1)c1ccc(NC(C)=O)cc1. The van der Waals surface area contributed by atoms with Crippen LogP contribution in [0.15, 0.2) is 72.3 Å². The molecule has 0 saturated carbocycles. The average Bonchev–Trinajstić information content (AvgIpc) is 2.83. The number of carbonyl (C=O) groups is 2. The third kappa shape index (κ3) is 7.21. The quantitative estimate of drug-likeness (QED) is 0.320. The Morgan fingerprint density at radius 3 is 2.03 bits per heavy atom. The predicted octanol–water partition coefficient (Wildman–Crippen LogP) is 4.29. The molecule has 2 aromatic rings. The Hall–Kier alpha value is -4.07. The molecule has 1 heterocycles. The van der Waals surface area contributed by atoms with Crippen LogP contribution in [-0.4, -0.2) is 48.9 Å². The minimum Gasteiger partial charge on any atom is -0.369 e. The summed E-state index contributed by atoms with van der Waals surface area (Å²) in [6.45, 7) is 14.2. The molecule has 4 N–H and O–H groups in total. The predicted molar refractivity (Wildman–Crippen MR) is 149 cm³/mol. The van der Waals surface area contributed by atoms with Crippen LogP contribution in [0.1, 0.15) is 33.3 Å². The lowest BCUT2D eigenvalue weighted by Crippen LogP contribution is -2.51. The van der Waals surface area contributed by atoms with Crippen LogP contribution in [-0.2, 0) is 9.59 Å². The number of rotatable bonds is 6. The third-order valence-corrected chi connectivity index (χ3v) is 5.73. The maximum Gasteiger partial charge on any atom is 0.228 e. The Labute approximate surface area is 213 Å². The number of hydrogen-bond donors (Lipinski definition) is 3.